The number of aromatic nitrogens is 3. The van der Waals surface area contributed by atoms with Crippen molar-refractivity contribution in [1.82, 2.24) is 19.9 Å². The van der Waals surface area contributed by atoms with Gasteiger partial charge in [-0.3, -0.25) is 4.79 Å². The van der Waals surface area contributed by atoms with Crippen LogP contribution in [0, 0.1) is 5.82 Å². The second kappa shape index (κ2) is 7.70. The van der Waals surface area contributed by atoms with Gasteiger partial charge in [-0.2, -0.15) is 4.98 Å². The van der Waals surface area contributed by atoms with Gasteiger partial charge in [0, 0.05) is 13.1 Å². The number of rotatable bonds is 5. The van der Waals surface area contributed by atoms with E-state index in [4.69, 9.17) is 27.9 Å². The van der Waals surface area contributed by atoms with E-state index in [1.807, 2.05) is 6.92 Å². The summed E-state index contributed by atoms with van der Waals surface area (Å²) < 4.78 is 20.0. The number of ether oxygens (including phenoxy) is 1. The van der Waals surface area contributed by atoms with Gasteiger partial charge in [0.15, 0.2) is 17.1 Å². The second-order valence-electron chi connectivity index (χ2n) is 7.10. The molecule has 4 rings (SSSR count). The van der Waals surface area contributed by atoms with Gasteiger partial charge in [0.1, 0.15) is 12.1 Å². The number of benzene rings is 1. The molecule has 154 valence electrons. The highest BCUT2D eigenvalue weighted by Gasteiger charge is 2.40. The van der Waals surface area contributed by atoms with Crippen molar-refractivity contribution in [2.45, 2.75) is 12.5 Å². The van der Waals surface area contributed by atoms with Gasteiger partial charge in [-0.05, 0) is 37.3 Å². The van der Waals surface area contributed by atoms with E-state index in [1.54, 1.807) is 17.0 Å². The predicted molar refractivity (Wildman–Crippen MR) is 113 cm³/mol. The molecular formula is C20H16Cl2FN5O2. The minimum absolute atomic E-state index is 0.0724. The number of pyridine rings is 1. The molecule has 7 nitrogen and oxygen atoms in total. The van der Waals surface area contributed by atoms with Crippen molar-refractivity contribution in [3.8, 4) is 11.6 Å². The van der Waals surface area contributed by atoms with E-state index in [2.05, 4.69) is 26.8 Å². The van der Waals surface area contributed by atoms with Crippen LogP contribution in [-0.2, 0) is 4.79 Å². The normalized spacial score (nSPS) is 14.9. The van der Waals surface area contributed by atoms with E-state index < -0.39 is 5.82 Å². The summed E-state index contributed by atoms with van der Waals surface area (Å²) in [7, 11) is 0. The van der Waals surface area contributed by atoms with Crippen molar-refractivity contribution in [3.05, 3.63) is 59.1 Å². The van der Waals surface area contributed by atoms with Crippen molar-refractivity contribution in [3.63, 3.8) is 0 Å². The van der Waals surface area contributed by atoms with Gasteiger partial charge in [0.05, 0.1) is 21.1 Å². The lowest BCUT2D eigenvalue weighted by Gasteiger charge is -2.48. The minimum Gasteiger partial charge on any atom is -0.434 e. The van der Waals surface area contributed by atoms with Crippen LogP contribution in [0.25, 0.3) is 11.0 Å². The fourth-order valence-electron chi connectivity index (χ4n) is 3.22. The zero-order chi connectivity index (χ0) is 21.5. The smallest absolute Gasteiger partial charge is 0.249 e. The Morgan fingerprint density at radius 1 is 1.30 bits per heavy atom. The number of likely N-dealkylation sites (tertiary alicyclic amines) is 1. The Morgan fingerprint density at radius 3 is 2.80 bits per heavy atom. The summed E-state index contributed by atoms with van der Waals surface area (Å²) >= 11 is 11.7. The summed E-state index contributed by atoms with van der Waals surface area (Å²) in [5, 5.41) is 3.16. The molecule has 0 radical (unpaired) electrons. The van der Waals surface area contributed by atoms with E-state index in [1.165, 1.54) is 24.5 Å². The number of fused-ring (bicyclic) bond motifs is 1. The molecule has 1 fully saturated rings. The van der Waals surface area contributed by atoms with Crippen LogP contribution in [0.3, 0.4) is 0 Å². The monoisotopic (exact) mass is 447 g/mol. The number of hydrogen-bond acceptors (Lipinski definition) is 6. The number of carbonyl (C=O) groups excluding carboxylic acids is 1. The van der Waals surface area contributed by atoms with Crippen LogP contribution in [0.1, 0.15) is 6.92 Å². The molecular weight excluding hydrogens is 432 g/mol. The zero-order valence-electron chi connectivity index (χ0n) is 15.8. The molecule has 1 aliphatic heterocycles. The van der Waals surface area contributed by atoms with Gasteiger partial charge >= 0.3 is 0 Å². The number of hydrogen-bond donors (Lipinski definition) is 1. The number of amides is 1. The molecule has 30 heavy (non-hydrogen) atoms. The Hall–Kier alpha value is -2.97. The maximum atomic E-state index is 14.4. The predicted octanol–water partition coefficient (Wildman–Crippen LogP) is 4.46. The highest BCUT2D eigenvalue weighted by molar-refractivity contribution is 6.42. The molecule has 1 aromatic carbocycles. The van der Waals surface area contributed by atoms with Gasteiger partial charge in [-0.1, -0.05) is 29.8 Å². The third-order valence-electron chi connectivity index (χ3n) is 4.65. The Kier molecular flexibility index (Phi) is 5.21. The van der Waals surface area contributed by atoms with E-state index >= 15 is 0 Å². The molecule has 10 heteroatoms. The molecule has 0 aliphatic carbocycles. The van der Waals surface area contributed by atoms with Crippen LogP contribution in [0.2, 0.25) is 10.0 Å². The second-order valence-corrected chi connectivity index (χ2v) is 7.89. The standard InChI is InChI=1S/C20H16Cl2FN5O2/c1-3-15(29)28-8-20(2,9-28)27-14-7-5-12-18(26-14)19(25-10-24-12)30-13-6-4-11(21)16(22)17(13)23/h3-7,10H,1,8-9H2,2H3,(H,26,27). The molecule has 0 saturated carbocycles. The Bertz CT molecular complexity index is 1170. The number of anilines is 1. The number of halogens is 3. The van der Waals surface area contributed by atoms with Crippen LogP contribution in [0.15, 0.2) is 43.2 Å². The molecule has 2 aromatic heterocycles. The van der Waals surface area contributed by atoms with E-state index in [-0.39, 0.29) is 33.1 Å². The fraction of sp³-hybridized carbons (Fsp3) is 0.200. The van der Waals surface area contributed by atoms with Crippen molar-refractivity contribution in [1.29, 1.82) is 0 Å². The van der Waals surface area contributed by atoms with E-state index in [0.717, 1.165) is 0 Å². The lowest BCUT2D eigenvalue weighted by molar-refractivity contribution is -0.132. The lowest BCUT2D eigenvalue weighted by Crippen LogP contribution is -2.65. The molecule has 1 aliphatic rings. The summed E-state index contributed by atoms with van der Waals surface area (Å²) in [5.74, 6) is -0.421. The van der Waals surface area contributed by atoms with Crippen molar-refractivity contribution >= 4 is 46.0 Å². The average molecular weight is 448 g/mol. The largest absolute Gasteiger partial charge is 0.434 e. The molecule has 0 spiro atoms. The van der Waals surface area contributed by atoms with Gasteiger partial charge in [-0.25, -0.2) is 14.4 Å². The quantitative estimate of drug-likeness (QED) is 0.459. The Labute approximate surface area is 181 Å². The summed E-state index contributed by atoms with van der Waals surface area (Å²) in [4.78, 5) is 26.1. The van der Waals surface area contributed by atoms with E-state index in [9.17, 15) is 9.18 Å². The number of nitrogens with one attached hydrogen (secondary N) is 1. The molecule has 3 heterocycles. The lowest BCUT2D eigenvalue weighted by atomic mass is 9.92. The molecule has 1 amide bonds. The fourth-order valence-corrected chi connectivity index (χ4v) is 3.52. The first-order chi connectivity index (χ1) is 14.3. The molecule has 0 unspecified atom stereocenters. The van der Waals surface area contributed by atoms with Crippen molar-refractivity contribution in [2.24, 2.45) is 0 Å². The van der Waals surface area contributed by atoms with Crippen LogP contribution >= 0.6 is 23.2 Å². The van der Waals surface area contributed by atoms with Gasteiger partial charge < -0.3 is 15.0 Å². The Balaban J connectivity index is 1.61. The minimum atomic E-state index is -0.792. The van der Waals surface area contributed by atoms with Crippen LogP contribution in [0.4, 0.5) is 10.2 Å². The van der Waals surface area contributed by atoms with Gasteiger partial charge in [0.2, 0.25) is 11.8 Å². The van der Waals surface area contributed by atoms with Crippen LogP contribution in [0.5, 0.6) is 11.6 Å². The van der Waals surface area contributed by atoms with Crippen molar-refractivity contribution in [2.75, 3.05) is 18.4 Å². The average Bonchev–Trinajstić information content (AvgIpc) is 2.72. The third-order valence-corrected chi connectivity index (χ3v) is 5.43. The molecule has 0 atom stereocenters. The van der Waals surface area contributed by atoms with Crippen molar-refractivity contribution < 1.29 is 13.9 Å². The zero-order valence-corrected chi connectivity index (χ0v) is 17.3. The number of nitrogens with zero attached hydrogens (tertiary/aromatic N) is 4. The SMILES string of the molecule is C=CC(=O)N1CC(C)(Nc2ccc3ncnc(Oc4ccc(Cl)c(Cl)c4F)c3n2)C1. The summed E-state index contributed by atoms with van der Waals surface area (Å²) in [6, 6.07) is 6.31. The molecule has 1 N–H and O–H groups in total. The summed E-state index contributed by atoms with van der Waals surface area (Å²) in [6.45, 7) is 6.51. The first-order valence-electron chi connectivity index (χ1n) is 8.92. The summed E-state index contributed by atoms with van der Waals surface area (Å²) in [6.07, 6.45) is 2.59. The maximum absolute atomic E-state index is 14.4. The number of carbonyl (C=O) groups is 1. The topological polar surface area (TPSA) is 80.2 Å². The van der Waals surface area contributed by atoms with Gasteiger partial charge in [-0.15, -0.1) is 0 Å². The van der Waals surface area contributed by atoms with Crippen LogP contribution in [-0.4, -0.2) is 44.4 Å². The highest BCUT2D eigenvalue weighted by Crippen LogP contribution is 2.35. The molecule has 0 bridgehead atoms. The summed E-state index contributed by atoms with van der Waals surface area (Å²) in [5.41, 5.74) is 0.523. The van der Waals surface area contributed by atoms with Gasteiger partial charge in [0.25, 0.3) is 0 Å². The van der Waals surface area contributed by atoms with Crippen LogP contribution < -0.4 is 10.1 Å². The first kappa shape index (κ1) is 20.3. The first-order valence-corrected chi connectivity index (χ1v) is 9.68. The molecule has 3 aromatic rings. The maximum Gasteiger partial charge on any atom is 0.249 e. The Morgan fingerprint density at radius 2 is 2.07 bits per heavy atom. The highest BCUT2D eigenvalue weighted by atomic mass is 35.5. The molecule has 1 saturated heterocycles. The third kappa shape index (κ3) is 3.76. The van der Waals surface area contributed by atoms with E-state index in [0.29, 0.717) is 29.9 Å².